The number of esters is 1. The summed E-state index contributed by atoms with van der Waals surface area (Å²) in [5, 5.41) is 0. The van der Waals surface area contributed by atoms with E-state index in [1.54, 1.807) is 36.3 Å². The second-order valence-corrected chi connectivity index (χ2v) is 7.30. The van der Waals surface area contributed by atoms with Crippen LogP contribution in [0, 0.1) is 0 Å². The van der Waals surface area contributed by atoms with Gasteiger partial charge < -0.3 is 19.1 Å². The van der Waals surface area contributed by atoms with E-state index in [4.69, 9.17) is 14.2 Å². The molecule has 1 saturated heterocycles. The van der Waals surface area contributed by atoms with Gasteiger partial charge in [0.05, 0.1) is 20.3 Å². The third-order valence-corrected chi connectivity index (χ3v) is 4.97. The van der Waals surface area contributed by atoms with E-state index >= 15 is 0 Å². The average molecular weight is 460 g/mol. The van der Waals surface area contributed by atoms with Gasteiger partial charge in [-0.05, 0) is 24.3 Å². The van der Waals surface area contributed by atoms with Crippen molar-refractivity contribution in [3.8, 4) is 5.75 Å². The monoisotopic (exact) mass is 459 g/mol. The van der Waals surface area contributed by atoms with Gasteiger partial charge >= 0.3 is 5.97 Å². The van der Waals surface area contributed by atoms with E-state index in [9.17, 15) is 9.59 Å². The summed E-state index contributed by atoms with van der Waals surface area (Å²) in [5.74, 6) is -0.231. The lowest BCUT2D eigenvalue weighted by Gasteiger charge is -2.30. The van der Waals surface area contributed by atoms with E-state index in [0.717, 1.165) is 10.0 Å². The van der Waals surface area contributed by atoms with Crippen LogP contribution in [0.1, 0.15) is 17.2 Å². The van der Waals surface area contributed by atoms with Crippen LogP contribution in [-0.4, -0.2) is 50.2 Å². The van der Waals surface area contributed by atoms with Crippen LogP contribution in [-0.2, 0) is 19.1 Å². The second kappa shape index (κ2) is 10.2. The molecule has 7 heteroatoms. The molecule has 1 atom stereocenters. The van der Waals surface area contributed by atoms with Crippen molar-refractivity contribution in [3.05, 3.63) is 70.2 Å². The number of halogens is 1. The molecule has 0 aliphatic carbocycles. The zero-order valence-corrected chi connectivity index (χ0v) is 17.6. The molecular weight excluding hydrogens is 438 g/mol. The predicted octanol–water partition coefficient (Wildman–Crippen LogP) is 3.61. The van der Waals surface area contributed by atoms with E-state index in [2.05, 4.69) is 15.9 Å². The Morgan fingerprint density at radius 3 is 2.55 bits per heavy atom. The van der Waals surface area contributed by atoms with Crippen LogP contribution in [0.15, 0.2) is 59.1 Å². The average Bonchev–Trinajstić information content (AvgIpc) is 2.77. The lowest BCUT2D eigenvalue weighted by atomic mass is 10.1. The molecule has 6 nitrogen and oxygen atoms in total. The molecule has 0 unspecified atom stereocenters. The van der Waals surface area contributed by atoms with Gasteiger partial charge in [-0.1, -0.05) is 46.3 Å². The van der Waals surface area contributed by atoms with Crippen molar-refractivity contribution in [3.63, 3.8) is 0 Å². The molecule has 2 aromatic rings. The van der Waals surface area contributed by atoms with Crippen molar-refractivity contribution in [1.82, 2.24) is 4.90 Å². The third kappa shape index (κ3) is 5.68. The molecule has 29 heavy (non-hydrogen) atoms. The largest absolute Gasteiger partial charge is 0.496 e. The zero-order valence-electron chi connectivity index (χ0n) is 16.0. The molecule has 1 aliphatic heterocycles. The number of hydrogen-bond donors (Lipinski definition) is 0. The summed E-state index contributed by atoms with van der Waals surface area (Å²) < 4.78 is 17.0. The molecule has 1 amide bonds. The fourth-order valence-corrected chi connectivity index (χ4v) is 3.37. The van der Waals surface area contributed by atoms with Crippen LogP contribution in [0.5, 0.6) is 5.75 Å². The molecule has 1 fully saturated rings. The molecule has 0 radical (unpaired) electrons. The number of hydrogen-bond acceptors (Lipinski definition) is 5. The predicted molar refractivity (Wildman–Crippen MR) is 112 cm³/mol. The van der Waals surface area contributed by atoms with Crippen molar-refractivity contribution in [1.29, 1.82) is 0 Å². The molecule has 3 rings (SSSR count). The Hall–Kier alpha value is -2.64. The summed E-state index contributed by atoms with van der Waals surface area (Å²) in [4.78, 5) is 27.2. The van der Waals surface area contributed by atoms with Gasteiger partial charge in [-0.2, -0.15) is 0 Å². The maximum absolute atomic E-state index is 13.0. The first-order chi connectivity index (χ1) is 14.1. The van der Waals surface area contributed by atoms with E-state index < -0.39 is 12.1 Å². The number of carbonyl (C=O) groups is 2. The van der Waals surface area contributed by atoms with Crippen LogP contribution in [0.25, 0.3) is 6.08 Å². The van der Waals surface area contributed by atoms with Crippen molar-refractivity contribution in [2.45, 2.75) is 6.10 Å². The Bertz CT molecular complexity index is 878. The topological polar surface area (TPSA) is 65.1 Å². The number of ether oxygens (including phenoxy) is 3. The maximum atomic E-state index is 13.0. The Balaban J connectivity index is 1.77. The summed E-state index contributed by atoms with van der Waals surface area (Å²) in [5.41, 5.74) is 1.35. The zero-order chi connectivity index (χ0) is 20.6. The molecule has 2 aromatic carbocycles. The van der Waals surface area contributed by atoms with Crippen molar-refractivity contribution >= 4 is 33.9 Å². The number of carbonyl (C=O) groups excluding carboxylic acids is 2. The summed E-state index contributed by atoms with van der Waals surface area (Å²) >= 11 is 3.40. The lowest BCUT2D eigenvalue weighted by Crippen LogP contribution is -2.44. The van der Waals surface area contributed by atoms with Gasteiger partial charge in [0.2, 0.25) is 6.10 Å². The summed E-state index contributed by atoms with van der Waals surface area (Å²) in [6.45, 7) is 1.91. The number of rotatable bonds is 6. The second-order valence-electron chi connectivity index (χ2n) is 6.38. The molecule has 1 heterocycles. The highest BCUT2D eigenvalue weighted by Crippen LogP contribution is 2.25. The van der Waals surface area contributed by atoms with Gasteiger partial charge in [0, 0.05) is 34.8 Å². The van der Waals surface area contributed by atoms with Crippen molar-refractivity contribution in [2.24, 2.45) is 0 Å². The number of benzene rings is 2. The molecule has 0 aromatic heterocycles. The van der Waals surface area contributed by atoms with Crippen molar-refractivity contribution in [2.75, 3.05) is 33.4 Å². The standard InChI is InChI=1S/C22H22BrNO5/c1-27-19-9-8-18(23)15-17(19)7-10-20(25)29-21(16-5-3-2-4-6-16)22(26)24-11-13-28-14-12-24/h2-10,15,21H,11-14H2,1H3/b10-7+/t21-/m0/s1. The van der Waals surface area contributed by atoms with Crippen LogP contribution in [0.3, 0.4) is 0 Å². The van der Waals surface area contributed by atoms with E-state index in [-0.39, 0.29) is 5.91 Å². The minimum Gasteiger partial charge on any atom is -0.496 e. The molecule has 0 bridgehead atoms. The molecule has 152 valence electrons. The number of morpholine rings is 1. The Morgan fingerprint density at radius 1 is 1.14 bits per heavy atom. The normalized spacial score (nSPS) is 15.2. The first-order valence-electron chi connectivity index (χ1n) is 9.22. The highest BCUT2D eigenvalue weighted by Gasteiger charge is 2.30. The fourth-order valence-electron chi connectivity index (χ4n) is 2.99. The Kier molecular flexibility index (Phi) is 7.43. The Labute approximate surface area is 178 Å². The highest BCUT2D eigenvalue weighted by molar-refractivity contribution is 9.10. The first-order valence-corrected chi connectivity index (χ1v) is 10.0. The van der Waals surface area contributed by atoms with Gasteiger partial charge in [0.15, 0.2) is 0 Å². The summed E-state index contributed by atoms with van der Waals surface area (Å²) in [7, 11) is 1.56. The molecule has 0 saturated carbocycles. The minimum atomic E-state index is -1.00. The van der Waals surface area contributed by atoms with E-state index in [0.29, 0.717) is 37.6 Å². The summed E-state index contributed by atoms with van der Waals surface area (Å²) in [6, 6.07) is 14.5. The van der Waals surface area contributed by atoms with Gasteiger partial charge in [-0.3, -0.25) is 4.79 Å². The SMILES string of the molecule is COc1ccc(Br)cc1/C=C/C(=O)O[C@H](C(=O)N1CCOCC1)c1ccccc1. The van der Waals surface area contributed by atoms with Gasteiger partial charge in [0.25, 0.3) is 5.91 Å². The van der Waals surface area contributed by atoms with Gasteiger partial charge in [-0.15, -0.1) is 0 Å². The molecule has 0 spiro atoms. The highest BCUT2D eigenvalue weighted by atomic mass is 79.9. The molecule has 0 N–H and O–H groups in total. The van der Waals surface area contributed by atoms with Gasteiger partial charge in [0.1, 0.15) is 5.75 Å². The van der Waals surface area contributed by atoms with Crippen LogP contribution in [0.4, 0.5) is 0 Å². The van der Waals surface area contributed by atoms with Crippen molar-refractivity contribution < 1.29 is 23.8 Å². The van der Waals surface area contributed by atoms with E-state index in [1.165, 1.54) is 6.08 Å². The first kappa shape index (κ1) is 21.1. The molecular formula is C22H22BrNO5. The lowest BCUT2D eigenvalue weighted by molar-refractivity contribution is -0.159. The number of nitrogens with zero attached hydrogens (tertiary/aromatic N) is 1. The number of amides is 1. The van der Waals surface area contributed by atoms with E-state index in [1.807, 2.05) is 30.3 Å². The summed E-state index contributed by atoms with van der Waals surface area (Å²) in [6.07, 6.45) is 1.90. The fraction of sp³-hybridized carbons (Fsp3) is 0.273. The third-order valence-electron chi connectivity index (χ3n) is 4.47. The molecule has 1 aliphatic rings. The smallest absolute Gasteiger partial charge is 0.331 e. The van der Waals surface area contributed by atoms with Crippen LogP contribution in [0.2, 0.25) is 0 Å². The number of methoxy groups -OCH3 is 1. The minimum absolute atomic E-state index is 0.249. The van der Waals surface area contributed by atoms with Gasteiger partial charge in [-0.25, -0.2) is 4.79 Å². The van der Waals surface area contributed by atoms with Crippen LogP contribution < -0.4 is 4.74 Å². The maximum Gasteiger partial charge on any atom is 0.331 e. The quantitative estimate of drug-likeness (QED) is 0.487. The van der Waals surface area contributed by atoms with Crippen LogP contribution >= 0.6 is 15.9 Å². The Morgan fingerprint density at radius 2 is 1.86 bits per heavy atom.